The highest BCUT2D eigenvalue weighted by molar-refractivity contribution is 5.27. The van der Waals surface area contributed by atoms with Crippen LogP contribution in [0.4, 0.5) is 4.39 Å². The van der Waals surface area contributed by atoms with Crippen molar-refractivity contribution in [2.24, 2.45) is 0 Å². The molecule has 4 heteroatoms. The van der Waals surface area contributed by atoms with Crippen LogP contribution in [0.25, 0.3) is 0 Å². The molecule has 1 heterocycles. The number of halogens is 1. The number of pyridine rings is 1. The van der Waals surface area contributed by atoms with Gasteiger partial charge in [0.1, 0.15) is 17.4 Å². The summed E-state index contributed by atoms with van der Waals surface area (Å²) < 4.78 is 14.4. The molecule has 2 rings (SSSR count). The molecule has 0 fully saturated rings. The molecule has 2 aromatic rings. The van der Waals surface area contributed by atoms with Gasteiger partial charge in [0.05, 0.1) is 0 Å². The van der Waals surface area contributed by atoms with Crippen molar-refractivity contribution in [3.8, 4) is 6.07 Å². The molecule has 0 atom stereocenters. The van der Waals surface area contributed by atoms with Crippen molar-refractivity contribution in [3.63, 3.8) is 0 Å². The van der Waals surface area contributed by atoms with Crippen LogP contribution in [0.2, 0.25) is 0 Å². The van der Waals surface area contributed by atoms with Crippen LogP contribution in [0, 0.1) is 24.1 Å². The number of nitriles is 1. The Balaban J connectivity index is 2.23. The lowest BCUT2D eigenvalue weighted by molar-refractivity contribution is 0.622. The van der Waals surface area contributed by atoms with Gasteiger partial charge in [-0.3, -0.25) is 4.79 Å². The van der Waals surface area contributed by atoms with Crippen molar-refractivity contribution < 1.29 is 4.39 Å². The quantitative estimate of drug-likeness (QED) is 0.846. The molecule has 19 heavy (non-hydrogen) atoms. The maximum absolute atomic E-state index is 12.8. The third kappa shape index (κ3) is 2.89. The molecule has 1 aromatic carbocycles. The van der Waals surface area contributed by atoms with Gasteiger partial charge in [-0.1, -0.05) is 12.1 Å². The Morgan fingerprint density at radius 2 is 1.89 bits per heavy atom. The summed E-state index contributed by atoms with van der Waals surface area (Å²) in [4.78, 5) is 12.0. The number of benzene rings is 1. The topological polar surface area (TPSA) is 45.8 Å². The predicted molar refractivity (Wildman–Crippen MR) is 70.3 cm³/mol. The number of rotatable bonds is 3. The van der Waals surface area contributed by atoms with E-state index in [0.29, 0.717) is 13.0 Å². The van der Waals surface area contributed by atoms with Gasteiger partial charge < -0.3 is 4.57 Å². The summed E-state index contributed by atoms with van der Waals surface area (Å²) in [6.45, 7) is 2.30. The van der Waals surface area contributed by atoms with Gasteiger partial charge >= 0.3 is 0 Å². The Labute approximate surface area is 110 Å². The maximum atomic E-state index is 12.8. The lowest BCUT2D eigenvalue weighted by Crippen LogP contribution is -2.25. The van der Waals surface area contributed by atoms with Crippen molar-refractivity contribution >= 4 is 0 Å². The van der Waals surface area contributed by atoms with E-state index in [1.807, 2.05) is 13.0 Å². The zero-order valence-electron chi connectivity index (χ0n) is 10.6. The van der Waals surface area contributed by atoms with Crippen molar-refractivity contribution in [2.75, 3.05) is 0 Å². The van der Waals surface area contributed by atoms with Crippen molar-refractivity contribution in [3.05, 3.63) is 69.4 Å². The Bertz CT molecular complexity index is 681. The predicted octanol–water partition coefficient (Wildman–Crippen LogP) is 2.41. The fraction of sp³-hybridized carbons (Fsp3) is 0.200. The molecule has 0 spiro atoms. The number of aryl methyl sites for hydroxylation is 2. The molecular formula is C15H13FN2O. The Hall–Kier alpha value is -2.41. The van der Waals surface area contributed by atoms with E-state index in [0.717, 1.165) is 11.3 Å². The van der Waals surface area contributed by atoms with E-state index in [4.69, 9.17) is 5.26 Å². The first kappa shape index (κ1) is 13.0. The largest absolute Gasteiger partial charge is 0.311 e. The molecule has 0 unspecified atom stereocenters. The fourth-order valence-corrected chi connectivity index (χ4v) is 1.93. The minimum atomic E-state index is -0.274. The highest BCUT2D eigenvalue weighted by Crippen LogP contribution is 2.06. The van der Waals surface area contributed by atoms with E-state index >= 15 is 0 Å². The average Bonchev–Trinajstić information content (AvgIpc) is 2.41. The summed E-state index contributed by atoms with van der Waals surface area (Å²) in [5.74, 6) is -0.274. The van der Waals surface area contributed by atoms with Crippen LogP contribution in [-0.2, 0) is 13.0 Å². The Morgan fingerprint density at radius 1 is 1.21 bits per heavy atom. The molecule has 3 nitrogen and oxygen atoms in total. The first-order chi connectivity index (χ1) is 9.11. The number of nitrogens with zero attached hydrogens (tertiary/aromatic N) is 2. The lowest BCUT2D eigenvalue weighted by atomic mass is 10.1. The van der Waals surface area contributed by atoms with E-state index < -0.39 is 0 Å². The zero-order chi connectivity index (χ0) is 13.8. The van der Waals surface area contributed by atoms with Crippen LogP contribution in [0.1, 0.15) is 16.8 Å². The van der Waals surface area contributed by atoms with E-state index in [9.17, 15) is 9.18 Å². The fourth-order valence-electron chi connectivity index (χ4n) is 1.93. The lowest BCUT2D eigenvalue weighted by Gasteiger charge is -2.10. The van der Waals surface area contributed by atoms with Gasteiger partial charge in [0.15, 0.2) is 0 Å². The molecule has 0 aliphatic heterocycles. The summed E-state index contributed by atoms with van der Waals surface area (Å²) in [7, 11) is 0. The standard InChI is InChI=1S/C15H13FN2O/c1-11-2-5-13(10-17)15(19)18(11)9-8-12-3-6-14(16)7-4-12/h2-7H,8-9H2,1H3. The smallest absolute Gasteiger partial charge is 0.268 e. The van der Waals surface area contributed by atoms with Gasteiger partial charge in [0, 0.05) is 12.2 Å². The first-order valence-electron chi connectivity index (χ1n) is 5.97. The average molecular weight is 256 g/mol. The number of aromatic nitrogens is 1. The summed E-state index contributed by atoms with van der Waals surface area (Å²) >= 11 is 0. The third-order valence-corrected chi connectivity index (χ3v) is 3.05. The van der Waals surface area contributed by atoms with Gasteiger partial charge in [-0.25, -0.2) is 4.39 Å². The van der Waals surface area contributed by atoms with Crippen LogP contribution in [0.5, 0.6) is 0 Å². The van der Waals surface area contributed by atoms with Crippen molar-refractivity contribution in [1.29, 1.82) is 5.26 Å². The van der Waals surface area contributed by atoms with Crippen LogP contribution in [-0.4, -0.2) is 4.57 Å². The van der Waals surface area contributed by atoms with Crippen LogP contribution >= 0.6 is 0 Å². The van der Waals surface area contributed by atoms with Crippen molar-refractivity contribution in [1.82, 2.24) is 4.57 Å². The van der Waals surface area contributed by atoms with Gasteiger partial charge in [0.2, 0.25) is 0 Å². The molecule has 0 radical (unpaired) electrons. The van der Waals surface area contributed by atoms with Gasteiger partial charge in [0.25, 0.3) is 5.56 Å². The Kier molecular flexibility index (Phi) is 3.76. The monoisotopic (exact) mass is 256 g/mol. The molecule has 0 bridgehead atoms. The maximum Gasteiger partial charge on any atom is 0.268 e. The number of hydrogen-bond donors (Lipinski definition) is 0. The molecular weight excluding hydrogens is 243 g/mol. The molecule has 0 saturated heterocycles. The molecule has 96 valence electrons. The van der Waals surface area contributed by atoms with Gasteiger partial charge in [-0.2, -0.15) is 5.26 Å². The highest BCUT2D eigenvalue weighted by atomic mass is 19.1. The zero-order valence-corrected chi connectivity index (χ0v) is 10.6. The summed E-state index contributed by atoms with van der Waals surface area (Å²) in [6.07, 6.45) is 0.621. The first-order valence-corrected chi connectivity index (χ1v) is 5.97. The molecule has 0 aliphatic carbocycles. The third-order valence-electron chi connectivity index (χ3n) is 3.05. The van der Waals surface area contributed by atoms with E-state index in [1.165, 1.54) is 18.2 Å². The minimum absolute atomic E-state index is 0.143. The second-order valence-corrected chi connectivity index (χ2v) is 4.33. The van der Waals surface area contributed by atoms with Gasteiger partial charge in [-0.05, 0) is 43.2 Å². The normalized spacial score (nSPS) is 10.2. The molecule has 0 saturated carbocycles. The number of hydrogen-bond acceptors (Lipinski definition) is 2. The summed E-state index contributed by atoms with van der Waals surface area (Å²) in [6, 6.07) is 11.4. The summed E-state index contributed by atoms with van der Waals surface area (Å²) in [5, 5.41) is 8.84. The second kappa shape index (κ2) is 5.49. The second-order valence-electron chi connectivity index (χ2n) is 4.33. The van der Waals surface area contributed by atoms with Crippen molar-refractivity contribution in [2.45, 2.75) is 19.9 Å². The Morgan fingerprint density at radius 3 is 2.53 bits per heavy atom. The van der Waals surface area contributed by atoms with Crippen LogP contribution in [0.3, 0.4) is 0 Å². The molecule has 1 aromatic heterocycles. The SMILES string of the molecule is Cc1ccc(C#N)c(=O)n1CCc1ccc(F)cc1. The van der Waals surface area contributed by atoms with Gasteiger partial charge in [-0.15, -0.1) is 0 Å². The summed E-state index contributed by atoms with van der Waals surface area (Å²) in [5.41, 5.74) is 1.63. The molecule has 0 amide bonds. The van der Waals surface area contributed by atoms with E-state index in [2.05, 4.69) is 0 Å². The van der Waals surface area contributed by atoms with E-state index in [-0.39, 0.29) is 16.9 Å². The van der Waals surface area contributed by atoms with E-state index in [1.54, 1.807) is 22.8 Å². The molecule has 0 aliphatic rings. The molecule has 0 N–H and O–H groups in total. The van der Waals surface area contributed by atoms with Crippen LogP contribution < -0.4 is 5.56 Å². The highest BCUT2D eigenvalue weighted by Gasteiger charge is 2.05. The minimum Gasteiger partial charge on any atom is -0.311 e. The van der Waals surface area contributed by atoms with Crippen LogP contribution in [0.15, 0.2) is 41.2 Å².